The molecule has 0 radical (unpaired) electrons. The third-order valence-corrected chi connectivity index (χ3v) is 3.28. The number of halogens is 1. The zero-order chi connectivity index (χ0) is 14.1. The Morgan fingerprint density at radius 3 is 2.95 bits per heavy atom. The molecule has 2 aromatic rings. The summed E-state index contributed by atoms with van der Waals surface area (Å²) in [4.78, 5) is 12.0. The van der Waals surface area contributed by atoms with Crippen LogP contribution in [0.25, 0.3) is 0 Å². The second-order valence-electron chi connectivity index (χ2n) is 5.03. The van der Waals surface area contributed by atoms with Gasteiger partial charge in [-0.3, -0.25) is 14.7 Å². The van der Waals surface area contributed by atoms with Gasteiger partial charge >= 0.3 is 0 Å². The summed E-state index contributed by atoms with van der Waals surface area (Å²) in [5, 5.41) is 10.7. The highest BCUT2D eigenvalue weighted by atomic mass is 19.1. The lowest BCUT2D eigenvalue weighted by atomic mass is 10.1. The van der Waals surface area contributed by atoms with Gasteiger partial charge < -0.3 is 0 Å². The molecule has 1 aliphatic carbocycles. The first-order chi connectivity index (χ1) is 9.63. The molecule has 20 heavy (non-hydrogen) atoms. The van der Waals surface area contributed by atoms with Crippen LogP contribution in [0.1, 0.15) is 30.3 Å². The Kier molecular flexibility index (Phi) is 3.22. The van der Waals surface area contributed by atoms with E-state index in [1.54, 1.807) is 12.1 Å². The number of hydrogen-bond donors (Lipinski definition) is 1. The molecule has 1 amide bonds. The molecule has 1 N–H and O–H groups in total. The van der Waals surface area contributed by atoms with Crippen molar-refractivity contribution in [3.63, 3.8) is 0 Å². The first kappa shape index (κ1) is 12.8. The smallest absolute Gasteiger partial charge is 0.231 e. The molecule has 1 aliphatic rings. The van der Waals surface area contributed by atoms with Crippen molar-refractivity contribution >= 4 is 11.9 Å². The lowest BCUT2D eigenvalue weighted by molar-refractivity contribution is -0.115. The number of hydrogen-bond acceptors (Lipinski definition) is 3. The number of anilines is 1. The van der Waals surface area contributed by atoms with E-state index in [9.17, 15) is 9.18 Å². The lowest BCUT2D eigenvalue weighted by Crippen LogP contribution is -2.18. The maximum atomic E-state index is 13.1. The summed E-state index contributed by atoms with van der Waals surface area (Å²) in [5.74, 6) is 0.720. The van der Waals surface area contributed by atoms with E-state index >= 15 is 0 Å². The number of nitrogens with one attached hydrogen (secondary N) is 1. The van der Waals surface area contributed by atoms with Gasteiger partial charge in [-0.05, 0) is 37.5 Å². The third kappa shape index (κ3) is 2.68. The average Bonchev–Trinajstić information content (AvgIpc) is 3.15. The van der Waals surface area contributed by atoms with Crippen LogP contribution >= 0.6 is 0 Å². The molecule has 0 spiro atoms. The van der Waals surface area contributed by atoms with Gasteiger partial charge in [-0.1, -0.05) is 12.1 Å². The minimum absolute atomic E-state index is 0.119. The quantitative estimate of drug-likeness (QED) is 0.930. The summed E-state index contributed by atoms with van der Waals surface area (Å²) in [6, 6.07) is 6.42. The maximum absolute atomic E-state index is 13.1. The van der Waals surface area contributed by atoms with Gasteiger partial charge in [-0.2, -0.15) is 0 Å². The van der Waals surface area contributed by atoms with Crippen LogP contribution in [-0.2, 0) is 11.2 Å². The molecule has 0 atom stereocenters. The van der Waals surface area contributed by atoms with Crippen molar-refractivity contribution in [2.75, 3.05) is 5.32 Å². The Labute approximate surface area is 115 Å². The Bertz CT molecular complexity index is 648. The fraction of sp³-hybridized carbons (Fsp3) is 0.357. The molecule has 5 nitrogen and oxygen atoms in total. The van der Waals surface area contributed by atoms with Crippen LogP contribution in [0.3, 0.4) is 0 Å². The number of benzene rings is 1. The van der Waals surface area contributed by atoms with Crippen LogP contribution in [0.2, 0.25) is 0 Å². The first-order valence-corrected chi connectivity index (χ1v) is 6.59. The zero-order valence-corrected chi connectivity index (χ0v) is 11.1. The summed E-state index contributed by atoms with van der Waals surface area (Å²) in [6.07, 6.45) is 2.30. The molecule has 0 aliphatic heterocycles. The average molecular weight is 274 g/mol. The number of carbonyl (C=O) groups is 1. The normalized spacial score (nSPS) is 14.3. The molecule has 1 aromatic carbocycles. The summed E-state index contributed by atoms with van der Waals surface area (Å²) in [6.45, 7) is 1.87. The van der Waals surface area contributed by atoms with Gasteiger partial charge in [0.1, 0.15) is 11.6 Å². The monoisotopic (exact) mass is 274 g/mol. The third-order valence-electron chi connectivity index (χ3n) is 3.28. The van der Waals surface area contributed by atoms with Crippen LogP contribution in [0.4, 0.5) is 10.3 Å². The largest absolute Gasteiger partial charge is 0.294 e. The molecule has 6 heteroatoms. The highest BCUT2D eigenvalue weighted by Crippen LogP contribution is 2.37. The molecular formula is C14H15FN4O. The minimum atomic E-state index is -0.340. The Morgan fingerprint density at radius 2 is 2.25 bits per heavy atom. The first-order valence-electron chi connectivity index (χ1n) is 6.59. The standard InChI is InChI=1S/C14H15FN4O/c1-9-17-18-14(19(9)12-5-6-12)16-13(20)8-10-3-2-4-11(15)7-10/h2-4,7,12H,5-6,8H2,1H3,(H,16,18,20). The van der Waals surface area contributed by atoms with Crippen molar-refractivity contribution in [1.82, 2.24) is 14.8 Å². The molecule has 0 saturated heterocycles. The molecule has 1 fully saturated rings. The minimum Gasteiger partial charge on any atom is -0.294 e. The van der Waals surface area contributed by atoms with Crippen LogP contribution in [-0.4, -0.2) is 20.7 Å². The van der Waals surface area contributed by atoms with Gasteiger partial charge in [0.05, 0.1) is 6.42 Å². The molecule has 3 rings (SSSR count). The summed E-state index contributed by atoms with van der Waals surface area (Å²) in [7, 11) is 0. The van der Waals surface area contributed by atoms with E-state index < -0.39 is 0 Å². The van der Waals surface area contributed by atoms with Crippen molar-refractivity contribution in [2.45, 2.75) is 32.2 Å². The molecule has 1 aromatic heterocycles. The summed E-state index contributed by atoms with van der Waals surface area (Å²) >= 11 is 0. The number of rotatable bonds is 4. The fourth-order valence-electron chi connectivity index (χ4n) is 2.23. The molecular weight excluding hydrogens is 259 g/mol. The Morgan fingerprint density at radius 1 is 1.45 bits per heavy atom. The van der Waals surface area contributed by atoms with Crippen molar-refractivity contribution in [1.29, 1.82) is 0 Å². The molecule has 104 valence electrons. The predicted molar refractivity (Wildman–Crippen MR) is 71.8 cm³/mol. The van der Waals surface area contributed by atoms with E-state index in [1.165, 1.54) is 12.1 Å². The summed E-state index contributed by atoms with van der Waals surface area (Å²) in [5.41, 5.74) is 0.636. The van der Waals surface area contributed by atoms with Crippen LogP contribution in [0, 0.1) is 12.7 Å². The van der Waals surface area contributed by atoms with E-state index in [2.05, 4.69) is 15.5 Å². The number of amides is 1. The second-order valence-corrected chi connectivity index (χ2v) is 5.03. The molecule has 0 unspecified atom stereocenters. The maximum Gasteiger partial charge on any atom is 0.231 e. The summed E-state index contributed by atoms with van der Waals surface area (Å²) < 4.78 is 15.0. The molecule has 1 heterocycles. The lowest BCUT2D eigenvalue weighted by Gasteiger charge is -2.08. The van der Waals surface area contributed by atoms with Gasteiger partial charge in [0.25, 0.3) is 0 Å². The molecule has 1 saturated carbocycles. The Hall–Kier alpha value is -2.24. The van der Waals surface area contributed by atoms with E-state index in [4.69, 9.17) is 0 Å². The van der Waals surface area contributed by atoms with E-state index in [0.717, 1.165) is 18.7 Å². The number of aromatic nitrogens is 3. The number of nitrogens with zero attached hydrogens (tertiary/aromatic N) is 3. The van der Waals surface area contributed by atoms with E-state index in [0.29, 0.717) is 17.6 Å². The highest BCUT2D eigenvalue weighted by molar-refractivity contribution is 5.90. The Balaban J connectivity index is 1.70. The molecule has 0 bridgehead atoms. The SMILES string of the molecule is Cc1nnc(NC(=O)Cc2cccc(F)c2)n1C1CC1. The van der Waals surface area contributed by atoms with Crippen molar-refractivity contribution < 1.29 is 9.18 Å². The van der Waals surface area contributed by atoms with Crippen LogP contribution in [0.15, 0.2) is 24.3 Å². The second kappa shape index (κ2) is 5.03. The van der Waals surface area contributed by atoms with Crippen LogP contribution < -0.4 is 5.32 Å². The van der Waals surface area contributed by atoms with Crippen molar-refractivity contribution in [3.05, 3.63) is 41.5 Å². The van der Waals surface area contributed by atoms with Gasteiger partial charge in [-0.25, -0.2) is 4.39 Å². The zero-order valence-electron chi connectivity index (χ0n) is 11.1. The topological polar surface area (TPSA) is 59.8 Å². The fourth-order valence-corrected chi connectivity index (χ4v) is 2.23. The van der Waals surface area contributed by atoms with E-state index in [1.807, 2.05) is 11.5 Å². The number of aryl methyl sites for hydroxylation is 1. The van der Waals surface area contributed by atoms with E-state index in [-0.39, 0.29) is 18.1 Å². The van der Waals surface area contributed by atoms with Gasteiger partial charge in [0, 0.05) is 6.04 Å². The highest BCUT2D eigenvalue weighted by Gasteiger charge is 2.28. The van der Waals surface area contributed by atoms with Crippen LogP contribution in [0.5, 0.6) is 0 Å². The van der Waals surface area contributed by atoms with Gasteiger partial charge in [0.15, 0.2) is 0 Å². The predicted octanol–water partition coefficient (Wildman–Crippen LogP) is 2.24. The van der Waals surface area contributed by atoms with Gasteiger partial charge in [-0.15, -0.1) is 10.2 Å². The van der Waals surface area contributed by atoms with Crippen molar-refractivity contribution in [3.8, 4) is 0 Å². The van der Waals surface area contributed by atoms with Gasteiger partial charge in [0.2, 0.25) is 11.9 Å². The van der Waals surface area contributed by atoms with Crippen molar-refractivity contribution in [2.24, 2.45) is 0 Å². The number of carbonyl (C=O) groups excluding carboxylic acids is 1.